The van der Waals surface area contributed by atoms with Gasteiger partial charge in [-0.05, 0) is 157 Å². The average molecular weight is 1130 g/mol. The van der Waals surface area contributed by atoms with Crippen molar-refractivity contribution in [3.63, 3.8) is 0 Å². The van der Waals surface area contributed by atoms with E-state index in [-0.39, 0.29) is 17.7 Å². The number of amides is 3. The number of ether oxygens (including phenoxy) is 3. The van der Waals surface area contributed by atoms with Gasteiger partial charge in [-0.3, -0.25) is 14.4 Å². The van der Waals surface area contributed by atoms with E-state index in [9.17, 15) is 14.4 Å². The number of carbonyl (C=O) groups is 3. The summed E-state index contributed by atoms with van der Waals surface area (Å²) in [6.45, 7) is 20.7. The van der Waals surface area contributed by atoms with Gasteiger partial charge in [-0.25, -0.2) is 0 Å². The van der Waals surface area contributed by atoms with Crippen LogP contribution in [-0.4, -0.2) is 108 Å². The fourth-order valence-electron chi connectivity index (χ4n) is 8.64. The van der Waals surface area contributed by atoms with Gasteiger partial charge >= 0.3 is 0 Å². The summed E-state index contributed by atoms with van der Waals surface area (Å²) >= 11 is 0. The van der Waals surface area contributed by atoms with Crippen molar-refractivity contribution < 1.29 is 37.5 Å². The number of nitrogens with zero attached hydrogens (tertiary/aromatic N) is 6. The third kappa shape index (κ3) is 18.0. The van der Waals surface area contributed by atoms with Gasteiger partial charge < -0.3 is 37.9 Å². The molecule has 0 unspecified atom stereocenters. The van der Waals surface area contributed by atoms with Crippen LogP contribution in [-0.2, 0) is 0 Å². The Kier molecular flexibility index (Phi) is 24.4. The average Bonchev–Trinajstić information content (AvgIpc) is 4.12. The zero-order chi connectivity index (χ0) is 60.5. The van der Waals surface area contributed by atoms with E-state index in [0.717, 1.165) is 66.9 Å². The Morgan fingerprint density at radius 2 is 0.810 bits per heavy atom. The normalized spacial score (nSPS) is 10.3. The first-order valence-electron chi connectivity index (χ1n) is 28.4. The summed E-state index contributed by atoms with van der Waals surface area (Å²) in [5.41, 5.74) is 8.42. The highest BCUT2D eigenvalue weighted by Gasteiger charge is 2.16. The van der Waals surface area contributed by atoms with E-state index in [1.165, 1.54) is 11.1 Å². The summed E-state index contributed by atoms with van der Waals surface area (Å²) in [7, 11) is 5.36. The van der Waals surface area contributed by atoms with Crippen LogP contribution in [0, 0.1) is 34.6 Å². The molecule has 0 saturated carbocycles. The molecule has 0 saturated heterocycles. The molecule has 8 aromatic carbocycles. The van der Waals surface area contributed by atoms with Crippen molar-refractivity contribution in [1.29, 1.82) is 0 Å². The molecule has 0 aliphatic carbocycles. The first-order valence-corrected chi connectivity index (χ1v) is 28.4. The van der Waals surface area contributed by atoms with Crippen LogP contribution in [0.2, 0.25) is 0 Å². The Bertz CT molecular complexity index is 3660. The number of likely N-dealkylation sites (N-methyl/N-ethyl adjacent to an activating group) is 3. The van der Waals surface area contributed by atoms with Gasteiger partial charge in [0.15, 0.2) is 0 Å². The van der Waals surface area contributed by atoms with E-state index in [2.05, 4.69) is 47.4 Å². The van der Waals surface area contributed by atoms with Gasteiger partial charge in [0.25, 0.3) is 17.7 Å². The molecule has 436 valence electrons. The maximum atomic E-state index is 12.4. The topological polar surface area (TPSA) is 154 Å². The van der Waals surface area contributed by atoms with Crippen molar-refractivity contribution in [3.8, 4) is 39.8 Å². The minimum Gasteiger partial charge on any atom is -0.492 e. The molecule has 10 aromatic rings. The fraction of sp³-hybridized carbons (Fsp3) is 0.257. The largest absolute Gasteiger partial charge is 0.492 e. The summed E-state index contributed by atoms with van der Waals surface area (Å²) in [5, 5.41) is 16.3. The van der Waals surface area contributed by atoms with Crippen LogP contribution < -0.4 is 14.2 Å². The van der Waals surface area contributed by atoms with E-state index < -0.39 is 0 Å². The minimum atomic E-state index is -0.0171. The molecule has 0 N–H and O–H groups in total. The monoisotopic (exact) mass is 1130 g/mol. The lowest BCUT2D eigenvalue weighted by Gasteiger charge is -2.17. The predicted molar refractivity (Wildman–Crippen MR) is 336 cm³/mol. The molecule has 0 atom stereocenters. The van der Waals surface area contributed by atoms with Gasteiger partial charge in [-0.15, -0.1) is 10.2 Å². The van der Waals surface area contributed by atoms with Crippen LogP contribution in [0.5, 0.6) is 17.2 Å². The Morgan fingerprint density at radius 3 is 1.20 bits per heavy atom. The SMILES string of the molecule is CC.CC.Cc1ccc(OCCN(C)C(=O)c2ccccc2)cc1C.Cc1nnc(-c2ccc3cc(OCCN(C)C(=O)c4ccccc4)ccc3c2)o1.Cc1noc(C)c1-c1ccc2cc(OCCN(C)C(=O)c3ccccc3)ccc2c1. The first-order chi connectivity index (χ1) is 40.7. The lowest BCUT2D eigenvalue weighted by atomic mass is 10.00. The quantitative estimate of drug-likeness (QED) is 0.0856. The Morgan fingerprint density at radius 1 is 0.429 bits per heavy atom. The maximum absolute atomic E-state index is 12.4. The highest BCUT2D eigenvalue weighted by Crippen LogP contribution is 2.31. The van der Waals surface area contributed by atoms with Crippen molar-refractivity contribution in [1.82, 2.24) is 30.1 Å². The maximum Gasteiger partial charge on any atom is 0.253 e. The number of aryl methyl sites for hydroxylation is 5. The second-order valence-corrected chi connectivity index (χ2v) is 19.3. The van der Waals surface area contributed by atoms with Gasteiger partial charge in [0, 0.05) is 55.9 Å². The summed E-state index contributed by atoms with van der Waals surface area (Å²) in [6.07, 6.45) is 0. The van der Waals surface area contributed by atoms with Gasteiger partial charge in [-0.2, -0.15) is 0 Å². The molecule has 14 heteroatoms. The molecule has 0 fully saturated rings. The van der Waals surface area contributed by atoms with E-state index in [1.54, 1.807) is 42.8 Å². The first kappa shape index (κ1) is 63.6. The summed E-state index contributed by atoms with van der Waals surface area (Å²) in [5.74, 6) is 4.25. The second kappa shape index (κ2) is 32.2. The molecular formula is C70H78N6O8. The lowest BCUT2D eigenvalue weighted by Crippen LogP contribution is -2.30. The van der Waals surface area contributed by atoms with Crippen LogP contribution in [0.3, 0.4) is 0 Å². The molecule has 2 aromatic heterocycles. The van der Waals surface area contributed by atoms with Crippen molar-refractivity contribution in [2.45, 2.75) is 62.3 Å². The summed E-state index contributed by atoms with van der Waals surface area (Å²) in [4.78, 5) is 41.9. The number of carbonyl (C=O) groups excluding carboxylic acids is 3. The van der Waals surface area contributed by atoms with Crippen LogP contribution in [0.4, 0.5) is 0 Å². The van der Waals surface area contributed by atoms with E-state index in [1.807, 2.05) is 205 Å². The van der Waals surface area contributed by atoms with Crippen LogP contribution in [0.25, 0.3) is 44.1 Å². The Hall–Kier alpha value is -9.56. The Balaban J connectivity index is 0.000000199. The number of aromatic nitrogens is 3. The van der Waals surface area contributed by atoms with E-state index in [0.29, 0.717) is 67.9 Å². The zero-order valence-corrected chi connectivity index (χ0v) is 50.5. The molecule has 0 spiro atoms. The zero-order valence-electron chi connectivity index (χ0n) is 50.5. The van der Waals surface area contributed by atoms with Crippen molar-refractivity contribution >= 4 is 39.3 Å². The lowest BCUT2D eigenvalue weighted by molar-refractivity contribution is 0.0767. The van der Waals surface area contributed by atoms with Crippen molar-refractivity contribution in [2.24, 2.45) is 0 Å². The van der Waals surface area contributed by atoms with Crippen molar-refractivity contribution in [2.75, 3.05) is 60.6 Å². The summed E-state index contributed by atoms with van der Waals surface area (Å²) < 4.78 is 28.2. The van der Waals surface area contributed by atoms with E-state index >= 15 is 0 Å². The van der Waals surface area contributed by atoms with Crippen LogP contribution in [0.15, 0.2) is 191 Å². The van der Waals surface area contributed by atoms with Gasteiger partial charge in [0.05, 0.1) is 25.3 Å². The van der Waals surface area contributed by atoms with E-state index in [4.69, 9.17) is 23.2 Å². The number of rotatable bonds is 17. The van der Waals surface area contributed by atoms with Gasteiger partial charge in [0.1, 0.15) is 42.8 Å². The molecule has 14 nitrogen and oxygen atoms in total. The molecule has 84 heavy (non-hydrogen) atoms. The summed E-state index contributed by atoms with van der Waals surface area (Å²) in [6, 6.07) is 58.0. The molecule has 0 bridgehead atoms. The molecule has 0 aliphatic heterocycles. The number of hydrogen-bond acceptors (Lipinski definition) is 11. The fourth-order valence-corrected chi connectivity index (χ4v) is 8.64. The number of hydrogen-bond donors (Lipinski definition) is 0. The Labute approximate surface area is 494 Å². The third-order valence-electron chi connectivity index (χ3n) is 13.4. The van der Waals surface area contributed by atoms with Crippen LogP contribution in [0.1, 0.15) is 87.2 Å². The van der Waals surface area contributed by atoms with Gasteiger partial charge in [-0.1, -0.05) is 124 Å². The third-order valence-corrected chi connectivity index (χ3v) is 13.4. The second-order valence-electron chi connectivity index (χ2n) is 19.3. The van der Waals surface area contributed by atoms with Gasteiger partial charge in [0.2, 0.25) is 11.8 Å². The number of benzene rings is 8. The molecule has 10 rings (SSSR count). The molecule has 0 aliphatic rings. The highest BCUT2D eigenvalue weighted by atomic mass is 16.5. The number of fused-ring (bicyclic) bond motifs is 2. The van der Waals surface area contributed by atoms with Crippen molar-refractivity contribution in [3.05, 3.63) is 227 Å². The predicted octanol–water partition coefficient (Wildman–Crippen LogP) is 15.1. The molecule has 3 amide bonds. The molecule has 2 heterocycles. The van der Waals surface area contributed by atoms with Crippen LogP contribution >= 0.6 is 0 Å². The molecular weight excluding hydrogens is 1050 g/mol. The molecule has 0 radical (unpaired) electrons. The highest BCUT2D eigenvalue weighted by molar-refractivity contribution is 5.95. The minimum absolute atomic E-state index is 0.00966. The smallest absolute Gasteiger partial charge is 0.253 e. The standard InChI is InChI=1S/C25H24N2O3.C23H21N3O3.C18H21NO2.2C2H6/c1-17-24(18(2)30-26-17)22-10-9-21-16-23(12-11-20(21)15-22)29-14-13-27(3)25(28)19-7-5-4-6-8-19;1-16-24-25-22(29-16)20-9-8-19-15-21(11-10-18(19)14-20)28-13-12-26(2)23(27)17-6-4-3-5-7-17;1-14-9-10-17(13-15(14)2)21-12-11-19(3)18(20)16-7-5-4-6-8-16;2*1-2/h4-12,15-16H,13-14H2,1-3H3;3-11,14-15H,12-13H2,1-2H3;4-10,13H,11-12H2,1-3H3;2*1-2H3.